The molecule has 84 valence electrons. The van der Waals surface area contributed by atoms with Crippen molar-refractivity contribution >= 4 is 11.5 Å². The zero-order chi connectivity index (χ0) is 11.5. The highest BCUT2D eigenvalue weighted by Crippen LogP contribution is 2.31. The van der Waals surface area contributed by atoms with E-state index in [1.165, 1.54) is 19.2 Å². The van der Waals surface area contributed by atoms with E-state index in [-0.39, 0.29) is 11.8 Å². The second-order valence-corrected chi connectivity index (χ2v) is 3.81. The molecule has 1 aliphatic rings. The highest BCUT2D eigenvalue weighted by atomic mass is 19.1. The van der Waals surface area contributed by atoms with Crippen LogP contribution in [0.3, 0.4) is 0 Å². The van der Waals surface area contributed by atoms with Gasteiger partial charge in [-0.05, 0) is 41.7 Å². The van der Waals surface area contributed by atoms with Crippen molar-refractivity contribution in [2.75, 3.05) is 7.11 Å². The van der Waals surface area contributed by atoms with E-state index in [0.717, 1.165) is 23.1 Å². The third-order valence-corrected chi connectivity index (χ3v) is 2.81. The normalized spacial score (nSPS) is 13.2. The first-order valence-electron chi connectivity index (χ1n) is 5.25. The van der Waals surface area contributed by atoms with Gasteiger partial charge >= 0.3 is 5.97 Å². The number of hydrogen-bond donors (Lipinski definition) is 0. The molecule has 0 heterocycles. The molecule has 3 heteroatoms. The average molecular weight is 220 g/mol. The number of rotatable bonds is 3. The molecule has 0 amide bonds. The first-order valence-corrected chi connectivity index (χ1v) is 5.25. The summed E-state index contributed by atoms with van der Waals surface area (Å²) < 4.78 is 17.7. The van der Waals surface area contributed by atoms with Crippen molar-refractivity contribution in [1.29, 1.82) is 0 Å². The lowest BCUT2D eigenvalue weighted by Crippen LogP contribution is -2.00. The predicted octanol–water partition coefficient (Wildman–Crippen LogP) is 2.72. The van der Waals surface area contributed by atoms with Crippen molar-refractivity contribution in [3.63, 3.8) is 0 Å². The number of allylic oxidation sites excluding steroid dienone is 2. The number of methoxy groups -OCH3 is 1. The fraction of sp³-hybridized carbons (Fsp3) is 0.308. The number of fused-ring (bicyclic) bond motifs is 1. The van der Waals surface area contributed by atoms with Gasteiger partial charge in [0, 0.05) is 6.42 Å². The second-order valence-electron chi connectivity index (χ2n) is 3.81. The minimum Gasteiger partial charge on any atom is -0.469 e. The van der Waals surface area contributed by atoms with Crippen molar-refractivity contribution in [3.05, 3.63) is 41.2 Å². The van der Waals surface area contributed by atoms with Gasteiger partial charge in [-0.25, -0.2) is 4.39 Å². The molecule has 0 saturated heterocycles. The largest absolute Gasteiger partial charge is 0.469 e. The van der Waals surface area contributed by atoms with Crippen LogP contribution in [0.15, 0.2) is 24.3 Å². The summed E-state index contributed by atoms with van der Waals surface area (Å²) >= 11 is 0. The van der Waals surface area contributed by atoms with Crippen LogP contribution in [-0.4, -0.2) is 13.1 Å². The second kappa shape index (κ2) is 4.47. The maximum Gasteiger partial charge on any atom is 0.305 e. The van der Waals surface area contributed by atoms with Gasteiger partial charge in [-0.2, -0.15) is 0 Å². The topological polar surface area (TPSA) is 26.3 Å². The quantitative estimate of drug-likeness (QED) is 0.732. The van der Waals surface area contributed by atoms with Crippen molar-refractivity contribution in [3.8, 4) is 0 Å². The Morgan fingerprint density at radius 3 is 3.06 bits per heavy atom. The summed E-state index contributed by atoms with van der Waals surface area (Å²) in [6, 6.07) is 4.80. The van der Waals surface area contributed by atoms with Crippen LogP contribution in [0.5, 0.6) is 0 Å². The van der Waals surface area contributed by atoms with Crippen LogP contribution in [0.2, 0.25) is 0 Å². The predicted molar refractivity (Wildman–Crippen MR) is 59.3 cm³/mol. The molecular formula is C13H13FO2. The van der Waals surface area contributed by atoms with E-state index < -0.39 is 0 Å². The molecule has 0 aliphatic heterocycles. The van der Waals surface area contributed by atoms with Crippen LogP contribution >= 0.6 is 0 Å². The first kappa shape index (κ1) is 10.9. The van der Waals surface area contributed by atoms with Gasteiger partial charge in [0.2, 0.25) is 0 Å². The summed E-state index contributed by atoms with van der Waals surface area (Å²) in [4.78, 5) is 11.0. The Balaban J connectivity index is 2.10. The highest BCUT2D eigenvalue weighted by Gasteiger charge is 2.15. The van der Waals surface area contributed by atoms with Crippen LogP contribution < -0.4 is 0 Å². The SMILES string of the molecule is COC(=O)CCC1=CCc2ccc(F)cc21. The molecular weight excluding hydrogens is 207 g/mol. The van der Waals surface area contributed by atoms with E-state index in [4.69, 9.17) is 0 Å². The van der Waals surface area contributed by atoms with Gasteiger partial charge in [0.15, 0.2) is 0 Å². The van der Waals surface area contributed by atoms with Gasteiger partial charge in [0.1, 0.15) is 5.82 Å². The van der Waals surface area contributed by atoms with Crippen LogP contribution in [0.25, 0.3) is 5.57 Å². The van der Waals surface area contributed by atoms with Crippen LogP contribution in [0.4, 0.5) is 4.39 Å². The Kier molecular flexibility index (Phi) is 3.04. The fourth-order valence-corrected chi connectivity index (χ4v) is 1.94. The lowest BCUT2D eigenvalue weighted by Gasteiger charge is -2.05. The molecule has 2 rings (SSSR count). The standard InChI is InChI=1S/C13H13FO2/c1-16-13(15)7-5-10-3-2-9-4-6-11(14)8-12(9)10/h3-4,6,8H,2,5,7H2,1H3. The Labute approximate surface area is 93.7 Å². The van der Waals surface area contributed by atoms with Gasteiger partial charge in [-0.1, -0.05) is 12.1 Å². The molecule has 16 heavy (non-hydrogen) atoms. The zero-order valence-electron chi connectivity index (χ0n) is 9.13. The Bertz CT molecular complexity index is 449. The molecule has 0 spiro atoms. The number of esters is 1. The van der Waals surface area contributed by atoms with Crippen LogP contribution in [0.1, 0.15) is 24.0 Å². The lowest BCUT2D eigenvalue weighted by molar-refractivity contribution is -0.140. The summed E-state index contributed by atoms with van der Waals surface area (Å²) in [5.74, 6) is -0.463. The molecule has 1 aliphatic carbocycles. The molecule has 0 N–H and O–H groups in total. The number of carbonyl (C=O) groups excluding carboxylic acids is 1. The van der Waals surface area contributed by atoms with Crippen LogP contribution in [0, 0.1) is 5.82 Å². The number of benzene rings is 1. The maximum absolute atomic E-state index is 13.1. The molecule has 0 saturated carbocycles. The number of ether oxygens (including phenoxy) is 1. The smallest absolute Gasteiger partial charge is 0.305 e. The summed E-state index contributed by atoms with van der Waals surface area (Å²) in [6.07, 6.45) is 3.83. The monoisotopic (exact) mass is 220 g/mol. The van der Waals surface area contributed by atoms with E-state index in [1.807, 2.05) is 6.08 Å². The van der Waals surface area contributed by atoms with E-state index in [2.05, 4.69) is 4.74 Å². The summed E-state index contributed by atoms with van der Waals surface area (Å²) in [5, 5.41) is 0. The molecule has 1 aromatic carbocycles. The summed E-state index contributed by atoms with van der Waals surface area (Å²) in [6.45, 7) is 0. The number of halogens is 1. The average Bonchev–Trinajstić information content (AvgIpc) is 2.68. The molecule has 0 aromatic heterocycles. The zero-order valence-corrected chi connectivity index (χ0v) is 9.13. The van der Waals surface area contributed by atoms with E-state index in [0.29, 0.717) is 12.8 Å². The third kappa shape index (κ3) is 2.13. The maximum atomic E-state index is 13.1. The molecule has 2 nitrogen and oxygen atoms in total. The van der Waals surface area contributed by atoms with Gasteiger partial charge in [0.25, 0.3) is 0 Å². The molecule has 1 aromatic rings. The van der Waals surface area contributed by atoms with E-state index >= 15 is 0 Å². The molecule has 0 fully saturated rings. The van der Waals surface area contributed by atoms with E-state index in [9.17, 15) is 9.18 Å². The Morgan fingerprint density at radius 1 is 1.50 bits per heavy atom. The van der Waals surface area contributed by atoms with Crippen molar-refractivity contribution in [2.24, 2.45) is 0 Å². The van der Waals surface area contributed by atoms with Crippen LogP contribution in [-0.2, 0) is 16.0 Å². The van der Waals surface area contributed by atoms with Crippen molar-refractivity contribution < 1.29 is 13.9 Å². The van der Waals surface area contributed by atoms with Gasteiger partial charge < -0.3 is 4.74 Å². The molecule has 0 unspecified atom stereocenters. The lowest BCUT2D eigenvalue weighted by atomic mass is 10.0. The number of hydrogen-bond acceptors (Lipinski definition) is 2. The molecule has 0 atom stereocenters. The Hall–Kier alpha value is -1.64. The molecule has 0 radical (unpaired) electrons. The van der Waals surface area contributed by atoms with Crippen molar-refractivity contribution in [2.45, 2.75) is 19.3 Å². The summed E-state index contributed by atoms with van der Waals surface area (Å²) in [7, 11) is 1.37. The number of carbonyl (C=O) groups is 1. The van der Waals surface area contributed by atoms with Gasteiger partial charge in [-0.3, -0.25) is 4.79 Å². The minimum absolute atomic E-state index is 0.231. The fourth-order valence-electron chi connectivity index (χ4n) is 1.94. The minimum atomic E-state index is -0.232. The van der Waals surface area contributed by atoms with E-state index in [1.54, 1.807) is 6.07 Å². The Morgan fingerprint density at radius 2 is 2.31 bits per heavy atom. The first-order chi connectivity index (χ1) is 7.70. The van der Waals surface area contributed by atoms with Gasteiger partial charge in [-0.15, -0.1) is 0 Å². The van der Waals surface area contributed by atoms with Gasteiger partial charge in [0.05, 0.1) is 7.11 Å². The highest BCUT2D eigenvalue weighted by molar-refractivity contribution is 5.77. The third-order valence-electron chi connectivity index (χ3n) is 2.81. The summed E-state index contributed by atoms with van der Waals surface area (Å²) in [5.41, 5.74) is 3.10. The van der Waals surface area contributed by atoms with Crippen molar-refractivity contribution in [1.82, 2.24) is 0 Å². The molecule has 0 bridgehead atoms.